The summed E-state index contributed by atoms with van der Waals surface area (Å²) in [4.78, 5) is 14.9. The van der Waals surface area contributed by atoms with E-state index in [4.69, 9.17) is 16.2 Å². The van der Waals surface area contributed by atoms with Gasteiger partial charge in [-0.1, -0.05) is 0 Å². The Morgan fingerprint density at radius 2 is 2.20 bits per heavy atom. The number of aromatic nitrogens is 5. The largest absolute Gasteiger partial charge is 0.467 e. The Morgan fingerprint density at radius 1 is 1.32 bits per heavy atom. The van der Waals surface area contributed by atoms with Gasteiger partial charge >= 0.3 is 6.01 Å². The fourth-order valence-corrected chi connectivity index (χ4v) is 3.28. The number of anilines is 2. The zero-order valence-electron chi connectivity index (χ0n) is 14.0. The third kappa shape index (κ3) is 2.72. The Morgan fingerprint density at radius 3 is 3.00 bits per heavy atom. The maximum atomic E-state index is 6.16. The standard InChI is InChI=1S/C16H20N8O/c1-25-16-19-5-4-11(22-16)12-7-13(23-6-2-3-10(17)8-23)14-15(18)20-9-21-24(12)14/h4-5,7,9-10H,2-3,6,8,17H2,1H3,(H2,18,20,21). The highest BCUT2D eigenvalue weighted by atomic mass is 16.5. The second-order valence-corrected chi connectivity index (χ2v) is 6.10. The second kappa shape index (κ2) is 6.17. The van der Waals surface area contributed by atoms with Gasteiger partial charge in [0.1, 0.15) is 11.8 Å². The summed E-state index contributed by atoms with van der Waals surface area (Å²) in [7, 11) is 1.54. The van der Waals surface area contributed by atoms with Gasteiger partial charge in [-0.2, -0.15) is 10.1 Å². The average Bonchev–Trinajstić information content (AvgIpc) is 3.03. The maximum Gasteiger partial charge on any atom is 0.316 e. The Hall–Kier alpha value is -2.94. The number of piperidine rings is 1. The molecule has 0 spiro atoms. The number of methoxy groups -OCH3 is 1. The van der Waals surface area contributed by atoms with Crippen LogP contribution in [0.2, 0.25) is 0 Å². The van der Waals surface area contributed by atoms with E-state index in [1.54, 1.807) is 10.7 Å². The van der Waals surface area contributed by atoms with Crippen molar-refractivity contribution in [2.24, 2.45) is 5.73 Å². The van der Waals surface area contributed by atoms with Crippen LogP contribution in [0, 0.1) is 0 Å². The second-order valence-electron chi connectivity index (χ2n) is 6.10. The molecule has 3 aromatic heterocycles. The van der Waals surface area contributed by atoms with Crippen molar-refractivity contribution in [3.63, 3.8) is 0 Å². The van der Waals surface area contributed by atoms with Gasteiger partial charge < -0.3 is 21.1 Å². The highest BCUT2D eigenvalue weighted by Gasteiger charge is 2.24. The number of nitrogens with zero attached hydrogens (tertiary/aromatic N) is 6. The highest BCUT2D eigenvalue weighted by molar-refractivity contribution is 5.88. The number of hydrogen-bond acceptors (Lipinski definition) is 8. The van der Waals surface area contributed by atoms with Crippen LogP contribution in [0.5, 0.6) is 6.01 Å². The van der Waals surface area contributed by atoms with Crippen LogP contribution in [0.1, 0.15) is 12.8 Å². The van der Waals surface area contributed by atoms with Gasteiger partial charge in [0, 0.05) is 25.3 Å². The lowest BCUT2D eigenvalue weighted by Gasteiger charge is -2.32. The van der Waals surface area contributed by atoms with E-state index in [1.165, 1.54) is 13.4 Å². The molecule has 1 aliphatic rings. The Balaban J connectivity index is 1.89. The molecule has 0 aromatic carbocycles. The van der Waals surface area contributed by atoms with E-state index in [9.17, 15) is 0 Å². The average molecular weight is 340 g/mol. The van der Waals surface area contributed by atoms with Crippen LogP contribution in [0.3, 0.4) is 0 Å². The topological polar surface area (TPSA) is 120 Å². The zero-order chi connectivity index (χ0) is 17.4. The maximum absolute atomic E-state index is 6.16. The molecule has 1 aliphatic heterocycles. The van der Waals surface area contributed by atoms with E-state index in [-0.39, 0.29) is 6.04 Å². The number of rotatable bonds is 3. The molecule has 0 saturated carbocycles. The lowest BCUT2D eigenvalue weighted by atomic mass is 10.1. The smallest absolute Gasteiger partial charge is 0.316 e. The molecular formula is C16H20N8O. The molecule has 1 fully saturated rings. The summed E-state index contributed by atoms with van der Waals surface area (Å²) in [6, 6.07) is 4.29. The normalized spacial score (nSPS) is 17.8. The molecule has 0 aliphatic carbocycles. The third-order valence-corrected chi connectivity index (χ3v) is 4.44. The van der Waals surface area contributed by atoms with Crippen molar-refractivity contribution < 1.29 is 4.74 Å². The zero-order valence-corrected chi connectivity index (χ0v) is 14.0. The first-order valence-corrected chi connectivity index (χ1v) is 8.17. The molecule has 0 bridgehead atoms. The lowest BCUT2D eigenvalue weighted by Crippen LogP contribution is -2.42. The summed E-state index contributed by atoms with van der Waals surface area (Å²) in [5.41, 5.74) is 15.6. The van der Waals surface area contributed by atoms with Crippen LogP contribution in [0.25, 0.3) is 16.9 Å². The molecule has 4 heterocycles. The van der Waals surface area contributed by atoms with Crippen molar-refractivity contribution in [2.75, 3.05) is 30.8 Å². The SMILES string of the molecule is COc1nccc(-c2cc(N3CCCC(N)C3)c3c(N)ncnn23)n1. The first kappa shape index (κ1) is 15.6. The summed E-state index contributed by atoms with van der Waals surface area (Å²) in [6.45, 7) is 1.70. The lowest BCUT2D eigenvalue weighted by molar-refractivity contribution is 0.380. The summed E-state index contributed by atoms with van der Waals surface area (Å²) in [5, 5.41) is 4.37. The fraction of sp³-hybridized carbons (Fsp3) is 0.375. The third-order valence-electron chi connectivity index (χ3n) is 4.44. The van der Waals surface area contributed by atoms with Crippen LogP contribution < -0.4 is 21.1 Å². The van der Waals surface area contributed by atoms with Gasteiger partial charge in [-0.25, -0.2) is 14.5 Å². The summed E-state index contributed by atoms with van der Waals surface area (Å²) >= 11 is 0. The van der Waals surface area contributed by atoms with Crippen LogP contribution in [-0.4, -0.2) is 50.8 Å². The summed E-state index contributed by atoms with van der Waals surface area (Å²) in [6.07, 6.45) is 5.17. The molecule has 9 nitrogen and oxygen atoms in total. The molecule has 0 amide bonds. The first-order valence-electron chi connectivity index (χ1n) is 8.17. The van der Waals surface area contributed by atoms with Gasteiger partial charge in [0.25, 0.3) is 0 Å². The predicted molar refractivity (Wildman–Crippen MR) is 94.4 cm³/mol. The van der Waals surface area contributed by atoms with E-state index >= 15 is 0 Å². The fourth-order valence-electron chi connectivity index (χ4n) is 3.28. The van der Waals surface area contributed by atoms with Gasteiger partial charge in [-0.3, -0.25) is 0 Å². The quantitative estimate of drug-likeness (QED) is 0.715. The van der Waals surface area contributed by atoms with Crippen molar-refractivity contribution in [1.29, 1.82) is 0 Å². The minimum Gasteiger partial charge on any atom is -0.467 e. The van der Waals surface area contributed by atoms with E-state index in [1.807, 2.05) is 12.1 Å². The van der Waals surface area contributed by atoms with Crippen molar-refractivity contribution >= 4 is 17.0 Å². The molecular weight excluding hydrogens is 320 g/mol. The molecule has 1 unspecified atom stereocenters. The van der Waals surface area contributed by atoms with Crippen LogP contribution in [0.15, 0.2) is 24.7 Å². The highest BCUT2D eigenvalue weighted by Crippen LogP contribution is 2.34. The van der Waals surface area contributed by atoms with Gasteiger partial charge in [-0.05, 0) is 25.0 Å². The predicted octanol–water partition coefficient (Wildman–Crippen LogP) is 0.705. The van der Waals surface area contributed by atoms with Crippen LogP contribution in [0.4, 0.5) is 11.5 Å². The van der Waals surface area contributed by atoms with E-state index in [0.29, 0.717) is 17.5 Å². The van der Waals surface area contributed by atoms with Crippen LogP contribution >= 0.6 is 0 Å². The first-order chi connectivity index (χ1) is 12.2. The molecule has 4 N–H and O–H groups in total. The Labute approximate surface area is 144 Å². The monoisotopic (exact) mass is 340 g/mol. The Bertz CT molecular complexity index is 908. The Kier molecular flexibility index (Phi) is 3.85. The van der Waals surface area contributed by atoms with Crippen molar-refractivity contribution in [3.05, 3.63) is 24.7 Å². The van der Waals surface area contributed by atoms with Gasteiger partial charge in [0.15, 0.2) is 5.82 Å². The molecule has 1 atom stereocenters. The molecule has 130 valence electrons. The number of fused-ring (bicyclic) bond motifs is 1. The number of ether oxygens (including phenoxy) is 1. The minimum atomic E-state index is 0.150. The molecule has 9 heteroatoms. The van der Waals surface area contributed by atoms with E-state index < -0.39 is 0 Å². The van der Waals surface area contributed by atoms with Gasteiger partial charge in [0.2, 0.25) is 0 Å². The summed E-state index contributed by atoms with van der Waals surface area (Å²) < 4.78 is 6.90. The minimum absolute atomic E-state index is 0.150. The number of nitrogen functional groups attached to an aromatic ring is 1. The molecule has 4 rings (SSSR count). The summed E-state index contributed by atoms with van der Waals surface area (Å²) in [5.74, 6) is 0.427. The van der Waals surface area contributed by atoms with E-state index in [0.717, 1.165) is 42.8 Å². The van der Waals surface area contributed by atoms with Crippen LogP contribution in [-0.2, 0) is 0 Å². The van der Waals surface area contributed by atoms with Crippen molar-refractivity contribution in [1.82, 2.24) is 24.6 Å². The van der Waals surface area contributed by atoms with E-state index in [2.05, 4.69) is 25.0 Å². The molecule has 0 radical (unpaired) electrons. The molecule has 3 aromatic rings. The molecule has 25 heavy (non-hydrogen) atoms. The number of hydrogen-bond donors (Lipinski definition) is 2. The van der Waals surface area contributed by atoms with Crippen molar-refractivity contribution in [2.45, 2.75) is 18.9 Å². The van der Waals surface area contributed by atoms with Crippen molar-refractivity contribution in [3.8, 4) is 17.4 Å². The molecule has 1 saturated heterocycles. The van der Waals surface area contributed by atoms with Gasteiger partial charge in [-0.15, -0.1) is 0 Å². The number of nitrogens with two attached hydrogens (primary N) is 2. The van der Waals surface area contributed by atoms with Gasteiger partial charge in [0.05, 0.1) is 24.2 Å².